The summed E-state index contributed by atoms with van der Waals surface area (Å²) in [4.78, 5) is 10.6. The molecule has 18 heavy (non-hydrogen) atoms. The van der Waals surface area contributed by atoms with E-state index in [-0.39, 0.29) is 5.76 Å². The van der Waals surface area contributed by atoms with Gasteiger partial charge >= 0.3 is 0 Å². The van der Waals surface area contributed by atoms with Gasteiger partial charge in [-0.1, -0.05) is 24.6 Å². The molecule has 4 heteroatoms. The summed E-state index contributed by atoms with van der Waals surface area (Å²) in [6, 6.07) is 8.78. The monoisotopic (exact) mass is 264 g/mol. The van der Waals surface area contributed by atoms with Crippen molar-refractivity contribution in [2.75, 3.05) is 6.61 Å². The van der Waals surface area contributed by atoms with Crippen molar-refractivity contribution < 1.29 is 13.9 Å². The van der Waals surface area contributed by atoms with Crippen LogP contribution in [0, 0.1) is 0 Å². The first kappa shape index (κ1) is 12.7. The van der Waals surface area contributed by atoms with Crippen LogP contribution in [0.2, 0.25) is 5.02 Å². The third kappa shape index (κ3) is 2.57. The highest BCUT2D eigenvalue weighted by Crippen LogP contribution is 2.36. The van der Waals surface area contributed by atoms with Crippen LogP contribution in [0.1, 0.15) is 23.9 Å². The lowest BCUT2D eigenvalue weighted by Crippen LogP contribution is -1.97. The van der Waals surface area contributed by atoms with Gasteiger partial charge in [-0.15, -0.1) is 0 Å². The van der Waals surface area contributed by atoms with Crippen molar-refractivity contribution in [3.05, 3.63) is 41.1 Å². The van der Waals surface area contributed by atoms with Crippen LogP contribution >= 0.6 is 11.6 Å². The Morgan fingerprint density at radius 2 is 2.17 bits per heavy atom. The molecule has 2 aromatic rings. The number of rotatable bonds is 5. The van der Waals surface area contributed by atoms with E-state index >= 15 is 0 Å². The van der Waals surface area contributed by atoms with Gasteiger partial charge in [-0.05, 0) is 30.7 Å². The molecule has 0 bridgehead atoms. The molecule has 0 fully saturated rings. The molecular formula is C14H13ClO3. The van der Waals surface area contributed by atoms with Crippen LogP contribution in [0.15, 0.2) is 34.7 Å². The van der Waals surface area contributed by atoms with E-state index in [1.165, 1.54) is 0 Å². The van der Waals surface area contributed by atoms with Gasteiger partial charge in [0.25, 0.3) is 0 Å². The van der Waals surface area contributed by atoms with Crippen LogP contribution in [-0.4, -0.2) is 12.9 Å². The van der Waals surface area contributed by atoms with Gasteiger partial charge in [-0.3, -0.25) is 4.79 Å². The predicted molar refractivity (Wildman–Crippen MR) is 70.3 cm³/mol. The van der Waals surface area contributed by atoms with Crippen molar-refractivity contribution in [2.24, 2.45) is 0 Å². The van der Waals surface area contributed by atoms with E-state index in [2.05, 4.69) is 0 Å². The van der Waals surface area contributed by atoms with E-state index < -0.39 is 0 Å². The summed E-state index contributed by atoms with van der Waals surface area (Å²) in [5.41, 5.74) is 0.754. The summed E-state index contributed by atoms with van der Waals surface area (Å²) < 4.78 is 11.0. The maximum atomic E-state index is 10.6. The molecule has 0 atom stereocenters. The van der Waals surface area contributed by atoms with Crippen LogP contribution in [0.3, 0.4) is 0 Å². The minimum Gasteiger partial charge on any atom is -0.491 e. The number of benzene rings is 1. The standard InChI is InChI=1S/C14H13ClO3/c1-2-8-17-14-11(4-3-5-12(14)15)13-7-6-10(9-16)18-13/h3-7,9H,2,8H2,1H3. The van der Waals surface area contributed by atoms with Crippen molar-refractivity contribution >= 4 is 17.9 Å². The summed E-state index contributed by atoms with van der Waals surface area (Å²) in [5, 5.41) is 0.532. The summed E-state index contributed by atoms with van der Waals surface area (Å²) in [5.74, 6) is 1.45. The second-order valence-corrected chi connectivity index (χ2v) is 4.19. The van der Waals surface area contributed by atoms with Crippen LogP contribution in [-0.2, 0) is 0 Å². The van der Waals surface area contributed by atoms with E-state index in [0.717, 1.165) is 12.0 Å². The molecule has 0 spiro atoms. The average Bonchev–Trinajstić information content (AvgIpc) is 2.85. The molecule has 0 aliphatic carbocycles. The van der Waals surface area contributed by atoms with Gasteiger partial charge < -0.3 is 9.15 Å². The second-order valence-electron chi connectivity index (χ2n) is 3.78. The van der Waals surface area contributed by atoms with E-state index in [9.17, 15) is 4.79 Å². The van der Waals surface area contributed by atoms with Gasteiger partial charge in [-0.2, -0.15) is 0 Å². The molecule has 0 radical (unpaired) electrons. The number of carbonyl (C=O) groups is 1. The Morgan fingerprint density at radius 3 is 2.83 bits per heavy atom. The van der Waals surface area contributed by atoms with Gasteiger partial charge in [0.15, 0.2) is 12.0 Å². The Morgan fingerprint density at radius 1 is 1.33 bits per heavy atom. The zero-order valence-corrected chi connectivity index (χ0v) is 10.7. The molecule has 1 aromatic carbocycles. The number of para-hydroxylation sites is 1. The molecule has 0 aliphatic rings. The first-order chi connectivity index (χ1) is 8.76. The molecule has 0 unspecified atom stereocenters. The van der Waals surface area contributed by atoms with Gasteiger partial charge in [-0.25, -0.2) is 0 Å². The van der Waals surface area contributed by atoms with Crippen molar-refractivity contribution in [1.29, 1.82) is 0 Å². The molecule has 0 amide bonds. The third-order valence-corrected chi connectivity index (χ3v) is 2.72. The van der Waals surface area contributed by atoms with Crippen LogP contribution in [0.5, 0.6) is 5.75 Å². The molecule has 94 valence electrons. The lowest BCUT2D eigenvalue weighted by molar-refractivity contribution is 0.110. The number of furan rings is 1. The number of hydrogen-bond acceptors (Lipinski definition) is 3. The smallest absolute Gasteiger partial charge is 0.185 e. The molecule has 0 saturated carbocycles. The first-order valence-corrected chi connectivity index (χ1v) is 6.10. The molecule has 1 aromatic heterocycles. The quantitative estimate of drug-likeness (QED) is 0.760. The molecular weight excluding hydrogens is 252 g/mol. The SMILES string of the molecule is CCCOc1c(Cl)cccc1-c1ccc(C=O)o1. The molecule has 2 rings (SSSR count). The van der Waals surface area contributed by atoms with Crippen LogP contribution in [0.4, 0.5) is 0 Å². The highest BCUT2D eigenvalue weighted by molar-refractivity contribution is 6.32. The molecule has 3 nitrogen and oxygen atoms in total. The Balaban J connectivity index is 2.42. The maximum absolute atomic E-state index is 10.6. The number of hydrogen-bond donors (Lipinski definition) is 0. The average molecular weight is 265 g/mol. The van der Waals surface area contributed by atoms with Crippen molar-refractivity contribution in [3.63, 3.8) is 0 Å². The Bertz CT molecular complexity index is 546. The second kappa shape index (κ2) is 5.74. The Hall–Kier alpha value is -1.74. The third-order valence-electron chi connectivity index (χ3n) is 2.43. The number of halogens is 1. The minimum atomic E-state index is 0.284. The zero-order chi connectivity index (χ0) is 13.0. The molecule has 0 N–H and O–H groups in total. The largest absolute Gasteiger partial charge is 0.491 e. The van der Waals surface area contributed by atoms with Gasteiger partial charge in [0.2, 0.25) is 0 Å². The Kier molecular flexibility index (Phi) is 4.05. The zero-order valence-electron chi connectivity index (χ0n) is 9.98. The normalized spacial score (nSPS) is 10.3. The van der Waals surface area contributed by atoms with E-state index in [1.54, 1.807) is 18.2 Å². The topological polar surface area (TPSA) is 39.4 Å². The summed E-state index contributed by atoms with van der Waals surface area (Å²) in [7, 11) is 0. The highest BCUT2D eigenvalue weighted by Gasteiger charge is 2.13. The first-order valence-electron chi connectivity index (χ1n) is 5.73. The number of ether oxygens (including phenoxy) is 1. The minimum absolute atomic E-state index is 0.284. The van der Waals surface area contributed by atoms with Crippen molar-refractivity contribution in [1.82, 2.24) is 0 Å². The van der Waals surface area contributed by atoms with Crippen molar-refractivity contribution in [3.8, 4) is 17.1 Å². The van der Waals surface area contributed by atoms with Crippen LogP contribution < -0.4 is 4.74 Å². The predicted octanol–water partition coefficient (Wildman–Crippen LogP) is 4.20. The lowest BCUT2D eigenvalue weighted by atomic mass is 10.1. The lowest BCUT2D eigenvalue weighted by Gasteiger charge is -2.10. The molecule has 0 saturated heterocycles. The van der Waals surface area contributed by atoms with Gasteiger partial charge in [0.1, 0.15) is 11.5 Å². The van der Waals surface area contributed by atoms with Crippen LogP contribution in [0.25, 0.3) is 11.3 Å². The van der Waals surface area contributed by atoms with Gasteiger partial charge in [0, 0.05) is 0 Å². The van der Waals surface area contributed by atoms with E-state index in [1.807, 2.05) is 19.1 Å². The van der Waals surface area contributed by atoms with E-state index in [0.29, 0.717) is 29.4 Å². The fourth-order valence-electron chi connectivity index (χ4n) is 1.61. The fraction of sp³-hybridized carbons (Fsp3) is 0.214. The van der Waals surface area contributed by atoms with Crippen molar-refractivity contribution in [2.45, 2.75) is 13.3 Å². The molecule has 0 aliphatic heterocycles. The summed E-state index contributed by atoms with van der Waals surface area (Å²) in [6.45, 7) is 2.60. The Labute approximate surface area is 110 Å². The highest BCUT2D eigenvalue weighted by atomic mass is 35.5. The molecule has 1 heterocycles. The number of aldehydes is 1. The number of carbonyl (C=O) groups excluding carboxylic acids is 1. The van der Waals surface area contributed by atoms with E-state index in [4.69, 9.17) is 20.8 Å². The summed E-state index contributed by atoms with van der Waals surface area (Å²) in [6.07, 6.45) is 1.56. The maximum Gasteiger partial charge on any atom is 0.185 e. The summed E-state index contributed by atoms with van der Waals surface area (Å²) >= 11 is 6.12. The van der Waals surface area contributed by atoms with Gasteiger partial charge in [0.05, 0.1) is 17.2 Å². The fourth-order valence-corrected chi connectivity index (χ4v) is 1.84.